The van der Waals surface area contributed by atoms with Crippen molar-refractivity contribution in [2.45, 2.75) is 52.7 Å². The first-order valence-corrected chi connectivity index (χ1v) is 4.86. The smallest absolute Gasteiger partial charge is 0.0587 e. The van der Waals surface area contributed by atoms with Gasteiger partial charge in [-0.05, 0) is 40.5 Å². The van der Waals surface area contributed by atoms with Crippen LogP contribution in [0.5, 0.6) is 0 Å². The topological polar surface area (TPSA) is 9.23 Å². The molecule has 0 aromatic heterocycles. The fourth-order valence-electron chi connectivity index (χ4n) is 1.47. The van der Waals surface area contributed by atoms with Gasteiger partial charge in [-0.2, -0.15) is 0 Å². The lowest BCUT2D eigenvalue weighted by molar-refractivity contribution is 0.00966. The minimum Gasteiger partial charge on any atom is -0.375 e. The van der Waals surface area contributed by atoms with Crippen molar-refractivity contribution in [2.75, 3.05) is 0 Å². The minimum absolute atomic E-state index is 0.270. The fourth-order valence-corrected chi connectivity index (χ4v) is 1.47. The van der Waals surface area contributed by atoms with Gasteiger partial charge in [0.05, 0.1) is 12.2 Å². The van der Waals surface area contributed by atoms with Crippen molar-refractivity contribution in [1.29, 1.82) is 0 Å². The summed E-state index contributed by atoms with van der Waals surface area (Å²) in [7, 11) is 0. The van der Waals surface area contributed by atoms with Gasteiger partial charge in [0.1, 0.15) is 0 Å². The van der Waals surface area contributed by atoms with Gasteiger partial charge in [-0.1, -0.05) is 11.1 Å². The Kier molecular flexibility index (Phi) is 5.72. The van der Waals surface area contributed by atoms with Crippen molar-refractivity contribution in [3.8, 4) is 0 Å². The molecule has 0 aliphatic heterocycles. The Bertz CT molecular complexity index is 162. The average molecular weight is 182 g/mol. The Morgan fingerprint density at radius 1 is 1.00 bits per heavy atom. The summed E-state index contributed by atoms with van der Waals surface area (Å²) in [5.41, 5.74) is 2.35. The Balaban J connectivity index is 3.70. The van der Waals surface area contributed by atoms with E-state index in [-0.39, 0.29) is 12.2 Å². The highest BCUT2D eigenvalue weighted by atomic mass is 16.5. The standard InChI is InChI=1S/C12H22O/c1-9(2)7-11(5)13-12(6)8-10(3)4/h11-12H,1,3,7-8H2,2,4-6H3. The van der Waals surface area contributed by atoms with Gasteiger partial charge in [0.25, 0.3) is 0 Å². The van der Waals surface area contributed by atoms with Crippen molar-refractivity contribution < 1.29 is 4.74 Å². The van der Waals surface area contributed by atoms with Crippen molar-refractivity contribution in [1.82, 2.24) is 0 Å². The lowest BCUT2D eigenvalue weighted by atomic mass is 10.1. The molecular weight excluding hydrogens is 160 g/mol. The highest BCUT2D eigenvalue weighted by Crippen LogP contribution is 2.12. The first kappa shape index (κ1) is 12.4. The summed E-state index contributed by atoms with van der Waals surface area (Å²) in [6.45, 7) is 16.0. The average Bonchev–Trinajstić information content (AvgIpc) is 1.80. The molecule has 0 aliphatic rings. The van der Waals surface area contributed by atoms with Gasteiger partial charge < -0.3 is 4.74 Å². The fraction of sp³-hybridized carbons (Fsp3) is 0.667. The number of hydrogen-bond acceptors (Lipinski definition) is 1. The lowest BCUT2D eigenvalue weighted by Gasteiger charge is -2.19. The SMILES string of the molecule is C=C(C)CC(C)OC(C)CC(=C)C. The third-order valence-electron chi connectivity index (χ3n) is 1.74. The molecule has 0 aromatic rings. The molecule has 0 aliphatic carbocycles. The molecule has 0 amide bonds. The van der Waals surface area contributed by atoms with Crippen molar-refractivity contribution >= 4 is 0 Å². The highest BCUT2D eigenvalue weighted by Gasteiger charge is 2.08. The summed E-state index contributed by atoms with van der Waals surface area (Å²) in [5, 5.41) is 0. The van der Waals surface area contributed by atoms with Crippen LogP contribution in [0.25, 0.3) is 0 Å². The van der Waals surface area contributed by atoms with Crippen LogP contribution in [-0.4, -0.2) is 12.2 Å². The van der Waals surface area contributed by atoms with E-state index >= 15 is 0 Å². The van der Waals surface area contributed by atoms with Gasteiger partial charge in [-0.15, -0.1) is 13.2 Å². The quantitative estimate of drug-likeness (QED) is 0.569. The van der Waals surface area contributed by atoms with Gasteiger partial charge in [-0.3, -0.25) is 0 Å². The summed E-state index contributed by atoms with van der Waals surface area (Å²) in [4.78, 5) is 0. The second kappa shape index (κ2) is 5.98. The minimum atomic E-state index is 0.270. The van der Waals surface area contributed by atoms with E-state index in [1.807, 2.05) is 13.8 Å². The van der Waals surface area contributed by atoms with Crippen LogP contribution in [-0.2, 0) is 4.74 Å². The maximum Gasteiger partial charge on any atom is 0.0587 e. The Morgan fingerprint density at radius 2 is 1.31 bits per heavy atom. The van der Waals surface area contributed by atoms with Gasteiger partial charge in [0, 0.05) is 0 Å². The zero-order valence-electron chi connectivity index (χ0n) is 9.39. The molecule has 2 atom stereocenters. The summed E-state index contributed by atoms with van der Waals surface area (Å²) in [5.74, 6) is 0. The maximum atomic E-state index is 5.75. The predicted octanol–water partition coefficient (Wildman–Crippen LogP) is 3.71. The molecule has 0 bridgehead atoms. The van der Waals surface area contributed by atoms with Crippen LogP contribution in [0, 0.1) is 0 Å². The van der Waals surface area contributed by atoms with E-state index in [9.17, 15) is 0 Å². The highest BCUT2D eigenvalue weighted by molar-refractivity contribution is 4.92. The summed E-state index contributed by atoms with van der Waals surface area (Å²) in [6, 6.07) is 0. The van der Waals surface area contributed by atoms with E-state index in [1.165, 1.54) is 11.1 Å². The third kappa shape index (κ3) is 7.79. The first-order chi connectivity index (χ1) is 5.91. The molecule has 0 saturated heterocycles. The van der Waals surface area contributed by atoms with Crippen LogP contribution in [0.3, 0.4) is 0 Å². The van der Waals surface area contributed by atoms with Gasteiger partial charge in [0.15, 0.2) is 0 Å². The van der Waals surface area contributed by atoms with E-state index in [4.69, 9.17) is 4.74 Å². The van der Waals surface area contributed by atoms with Crippen LogP contribution in [0.15, 0.2) is 24.3 Å². The number of rotatable bonds is 6. The van der Waals surface area contributed by atoms with Gasteiger partial charge in [-0.25, -0.2) is 0 Å². The Labute approximate surface area is 82.5 Å². The number of hydrogen-bond donors (Lipinski definition) is 0. The lowest BCUT2D eigenvalue weighted by Crippen LogP contribution is -2.17. The first-order valence-electron chi connectivity index (χ1n) is 4.86. The van der Waals surface area contributed by atoms with Crippen LogP contribution in [0.4, 0.5) is 0 Å². The predicted molar refractivity (Wildman–Crippen MR) is 58.9 cm³/mol. The van der Waals surface area contributed by atoms with Crippen LogP contribution in [0.1, 0.15) is 40.5 Å². The molecule has 0 aromatic carbocycles. The largest absolute Gasteiger partial charge is 0.375 e. The molecule has 13 heavy (non-hydrogen) atoms. The Morgan fingerprint density at radius 3 is 1.54 bits per heavy atom. The monoisotopic (exact) mass is 182 g/mol. The third-order valence-corrected chi connectivity index (χ3v) is 1.74. The van der Waals surface area contributed by atoms with E-state index < -0.39 is 0 Å². The molecule has 2 unspecified atom stereocenters. The van der Waals surface area contributed by atoms with Crippen molar-refractivity contribution in [2.24, 2.45) is 0 Å². The van der Waals surface area contributed by atoms with Crippen molar-refractivity contribution in [3.05, 3.63) is 24.3 Å². The molecular formula is C12H22O. The molecule has 0 fully saturated rings. The summed E-state index contributed by atoms with van der Waals surface area (Å²) >= 11 is 0. The Hall–Kier alpha value is -0.560. The second-order valence-corrected chi connectivity index (χ2v) is 4.08. The molecule has 0 heterocycles. The normalized spacial score (nSPS) is 15.1. The van der Waals surface area contributed by atoms with Gasteiger partial charge in [0.2, 0.25) is 0 Å². The van der Waals surface area contributed by atoms with E-state index in [0.29, 0.717) is 0 Å². The van der Waals surface area contributed by atoms with E-state index in [0.717, 1.165) is 12.8 Å². The zero-order valence-corrected chi connectivity index (χ0v) is 9.39. The van der Waals surface area contributed by atoms with E-state index in [2.05, 4.69) is 27.0 Å². The molecule has 0 N–H and O–H groups in total. The van der Waals surface area contributed by atoms with Gasteiger partial charge >= 0.3 is 0 Å². The van der Waals surface area contributed by atoms with E-state index in [1.54, 1.807) is 0 Å². The summed E-state index contributed by atoms with van der Waals surface area (Å²) < 4.78 is 5.75. The second-order valence-electron chi connectivity index (χ2n) is 4.08. The molecule has 0 saturated carbocycles. The van der Waals surface area contributed by atoms with Crippen LogP contribution in [0.2, 0.25) is 0 Å². The van der Waals surface area contributed by atoms with Crippen LogP contribution < -0.4 is 0 Å². The summed E-state index contributed by atoms with van der Waals surface area (Å²) in [6.07, 6.45) is 2.43. The molecule has 0 rings (SSSR count). The maximum absolute atomic E-state index is 5.75. The van der Waals surface area contributed by atoms with Crippen molar-refractivity contribution in [3.63, 3.8) is 0 Å². The molecule has 0 spiro atoms. The zero-order chi connectivity index (χ0) is 10.4. The van der Waals surface area contributed by atoms with Crippen LogP contribution >= 0.6 is 0 Å². The molecule has 76 valence electrons. The molecule has 1 heteroatoms. The number of ether oxygens (including phenoxy) is 1. The molecule has 1 nitrogen and oxygen atoms in total. The molecule has 0 radical (unpaired) electrons.